The molecule has 1 fully saturated rings. The van der Waals surface area contributed by atoms with Gasteiger partial charge >= 0.3 is 0 Å². The Labute approximate surface area is 177 Å². The van der Waals surface area contributed by atoms with E-state index < -0.39 is 0 Å². The highest BCUT2D eigenvalue weighted by Gasteiger charge is 2.42. The number of aryl methyl sites for hydroxylation is 2. The van der Waals surface area contributed by atoms with Crippen molar-refractivity contribution in [1.29, 1.82) is 0 Å². The molecule has 0 saturated carbocycles. The van der Waals surface area contributed by atoms with Crippen molar-refractivity contribution in [2.24, 2.45) is 0 Å². The van der Waals surface area contributed by atoms with Crippen LogP contribution < -0.4 is 10.2 Å². The standard InChI is InChI=1S/C23H26N4OS/c1-16-9-10-18(15-17(16)2)27-22(20-8-6-12-26(20)13-14-28-3)21(25-23(27)29)19-7-4-5-11-24-19/h4-12,15,21-22H,13-14H2,1-3H3,(H,25,29). The third kappa shape index (κ3) is 3.78. The molecule has 2 atom stereocenters. The number of hydrogen-bond donors (Lipinski definition) is 1. The maximum Gasteiger partial charge on any atom is 0.174 e. The lowest BCUT2D eigenvalue weighted by atomic mass is 10.00. The van der Waals surface area contributed by atoms with E-state index in [1.165, 1.54) is 16.8 Å². The van der Waals surface area contributed by atoms with Crippen LogP contribution in [0.3, 0.4) is 0 Å². The lowest BCUT2D eigenvalue weighted by Crippen LogP contribution is -2.30. The van der Waals surface area contributed by atoms with Crippen LogP contribution in [0.15, 0.2) is 60.9 Å². The minimum atomic E-state index is -0.0403. The van der Waals surface area contributed by atoms with E-state index in [1.807, 2.05) is 18.3 Å². The highest BCUT2D eigenvalue weighted by molar-refractivity contribution is 7.80. The van der Waals surface area contributed by atoms with Crippen LogP contribution in [0, 0.1) is 13.8 Å². The quantitative estimate of drug-likeness (QED) is 0.618. The fraction of sp³-hybridized carbons (Fsp3) is 0.304. The molecule has 0 spiro atoms. The molecule has 29 heavy (non-hydrogen) atoms. The number of methoxy groups -OCH3 is 1. The van der Waals surface area contributed by atoms with Crippen molar-refractivity contribution in [3.8, 4) is 0 Å². The molecule has 1 N–H and O–H groups in total. The van der Waals surface area contributed by atoms with Gasteiger partial charge in [0.25, 0.3) is 0 Å². The van der Waals surface area contributed by atoms with Crippen molar-refractivity contribution in [1.82, 2.24) is 14.9 Å². The Bertz CT molecular complexity index is 1000. The Morgan fingerprint density at radius 3 is 2.69 bits per heavy atom. The zero-order chi connectivity index (χ0) is 20.4. The number of nitrogens with zero attached hydrogens (tertiary/aromatic N) is 3. The van der Waals surface area contributed by atoms with Gasteiger partial charge in [0.2, 0.25) is 0 Å². The van der Waals surface area contributed by atoms with E-state index in [0.29, 0.717) is 11.7 Å². The number of aromatic nitrogens is 2. The Morgan fingerprint density at radius 2 is 1.97 bits per heavy atom. The molecule has 1 aliphatic heterocycles. The molecule has 1 aliphatic rings. The molecule has 3 heterocycles. The van der Waals surface area contributed by atoms with Gasteiger partial charge in [-0.3, -0.25) is 4.98 Å². The van der Waals surface area contributed by atoms with E-state index in [9.17, 15) is 0 Å². The zero-order valence-electron chi connectivity index (χ0n) is 17.0. The summed E-state index contributed by atoms with van der Waals surface area (Å²) in [4.78, 5) is 6.85. The molecule has 5 nitrogen and oxygen atoms in total. The van der Waals surface area contributed by atoms with E-state index in [-0.39, 0.29) is 12.1 Å². The summed E-state index contributed by atoms with van der Waals surface area (Å²) in [7, 11) is 1.73. The van der Waals surface area contributed by atoms with Crippen LogP contribution in [0.4, 0.5) is 5.69 Å². The SMILES string of the molecule is COCCn1cccc1C1C(c2ccccn2)NC(=S)N1c1ccc(C)c(C)c1. The molecule has 3 aromatic rings. The summed E-state index contributed by atoms with van der Waals surface area (Å²) >= 11 is 5.81. The highest BCUT2D eigenvalue weighted by atomic mass is 32.1. The minimum Gasteiger partial charge on any atom is -0.383 e. The van der Waals surface area contributed by atoms with Crippen molar-refractivity contribution < 1.29 is 4.74 Å². The van der Waals surface area contributed by atoms with Gasteiger partial charge in [0, 0.05) is 37.4 Å². The average Bonchev–Trinajstić information content (AvgIpc) is 3.33. The number of anilines is 1. The van der Waals surface area contributed by atoms with Crippen LogP contribution in [-0.2, 0) is 11.3 Å². The molecule has 0 amide bonds. The van der Waals surface area contributed by atoms with E-state index >= 15 is 0 Å². The molecule has 6 heteroatoms. The molecule has 1 saturated heterocycles. The molecule has 150 valence electrons. The van der Waals surface area contributed by atoms with Gasteiger partial charge in [0.05, 0.1) is 18.3 Å². The molecule has 2 unspecified atom stereocenters. The van der Waals surface area contributed by atoms with Crippen molar-refractivity contribution in [3.05, 3.63) is 83.4 Å². The van der Waals surface area contributed by atoms with Crippen LogP contribution in [0.1, 0.15) is 34.6 Å². The van der Waals surface area contributed by atoms with Gasteiger partial charge in [-0.1, -0.05) is 12.1 Å². The van der Waals surface area contributed by atoms with Gasteiger partial charge in [-0.2, -0.15) is 0 Å². The van der Waals surface area contributed by atoms with Crippen LogP contribution in [0.5, 0.6) is 0 Å². The van der Waals surface area contributed by atoms with Crippen molar-refractivity contribution in [2.75, 3.05) is 18.6 Å². The maximum atomic E-state index is 5.81. The molecule has 0 bridgehead atoms. The minimum absolute atomic E-state index is 0.00800. The van der Waals surface area contributed by atoms with Crippen molar-refractivity contribution in [2.45, 2.75) is 32.5 Å². The monoisotopic (exact) mass is 406 g/mol. The molecule has 1 aromatic carbocycles. The van der Waals surface area contributed by atoms with Crippen LogP contribution >= 0.6 is 12.2 Å². The summed E-state index contributed by atoms with van der Waals surface area (Å²) in [6, 6.07) is 16.7. The Hall–Kier alpha value is -2.70. The zero-order valence-corrected chi connectivity index (χ0v) is 17.8. The number of rotatable bonds is 6. The number of hydrogen-bond acceptors (Lipinski definition) is 3. The second-order valence-electron chi connectivity index (χ2n) is 7.38. The van der Waals surface area contributed by atoms with E-state index in [1.54, 1.807) is 7.11 Å². The van der Waals surface area contributed by atoms with E-state index in [0.717, 1.165) is 17.9 Å². The number of benzene rings is 1. The molecule has 4 rings (SSSR count). The van der Waals surface area contributed by atoms with Gasteiger partial charge in [-0.15, -0.1) is 0 Å². The summed E-state index contributed by atoms with van der Waals surface area (Å²) in [5.41, 5.74) is 5.77. The number of pyridine rings is 1. The first kappa shape index (κ1) is 19.6. The predicted molar refractivity (Wildman–Crippen MR) is 120 cm³/mol. The fourth-order valence-corrected chi connectivity index (χ4v) is 4.24. The smallest absolute Gasteiger partial charge is 0.174 e. The topological polar surface area (TPSA) is 42.3 Å². The average molecular weight is 407 g/mol. The fourth-order valence-electron chi connectivity index (χ4n) is 3.90. The molecule has 2 aromatic heterocycles. The first-order valence-electron chi connectivity index (χ1n) is 9.82. The summed E-state index contributed by atoms with van der Waals surface area (Å²) in [5, 5.41) is 4.24. The largest absolute Gasteiger partial charge is 0.383 e. The lowest BCUT2D eigenvalue weighted by molar-refractivity contribution is 0.186. The lowest BCUT2D eigenvalue weighted by Gasteiger charge is -2.29. The molecule has 0 radical (unpaired) electrons. The first-order valence-corrected chi connectivity index (χ1v) is 10.2. The second kappa shape index (κ2) is 8.35. The van der Waals surface area contributed by atoms with Crippen molar-refractivity contribution >= 4 is 23.0 Å². The molecule has 0 aliphatic carbocycles. The summed E-state index contributed by atoms with van der Waals surface area (Å²) < 4.78 is 7.56. The number of ether oxygens (including phenoxy) is 1. The maximum absolute atomic E-state index is 5.81. The Kier molecular flexibility index (Phi) is 5.65. The van der Waals surface area contributed by atoms with E-state index in [2.05, 4.69) is 76.2 Å². The third-order valence-corrected chi connectivity index (χ3v) is 5.89. The van der Waals surface area contributed by atoms with E-state index in [4.69, 9.17) is 17.0 Å². The molecular formula is C23H26N4OS. The summed E-state index contributed by atoms with van der Waals surface area (Å²) in [5.74, 6) is 0. The van der Waals surface area contributed by atoms with Gasteiger partial charge < -0.3 is 19.5 Å². The Morgan fingerprint density at radius 1 is 1.10 bits per heavy atom. The summed E-state index contributed by atoms with van der Waals surface area (Å²) in [6.45, 7) is 5.71. The summed E-state index contributed by atoms with van der Waals surface area (Å²) in [6.07, 6.45) is 3.93. The van der Waals surface area contributed by atoms with Crippen molar-refractivity contribution in [3.63, 3.8) is 0 Å². The number of thiocarbonyl (C=S) groups is 1. The number of nitrogens with one attached hydrogen (secondary N) is 1. The normalized spacial score (nSPS) is 18.9. The van der Waals surface area contributed by atoms with Gasteiger partial charge in [-0.05, 0) is 73.6 Å². The second-order valence-corrected chi connectivity index (χ2v) is 7.77. The third-order valence-electron chi connectivity index (χ3n) is 5.57. The predicted octanol–water partition coefficient (Wildman–Crippen LogP) is 4.32. The van der Waals surface area contributed by atoms with Gasteiger partial charge in [0.1, 0.15) is 6.04 Å². The first-order chi connectivity index (χ1) is 14.1. The molecular weight excluding hydrogens is 380 g/mol. The highest BCUT2D eigenvalue weighted by Crippen LogP contribution is 2.41. The van der Waals surface area contributed by atoms with Gasteiger partial charge in [0.15, 0.2) is 5.11 Å². The van der Waals surface area contributed by atoms with Crippen LogP contribution in [0.2, 0.25) is 0 Å². The van der Waals surface area contributed by atoms with Crippen LogP contribution in [0.25, 0.3) is 0 Å². The van der Waals surface area contributed by atoms with Crippen LogP contribution in [-0.4, -0.2) is 28.4 Å². The van der Waals surface area contributed by atoms with Gasteiger partial charge in [-0.25, -0.2) is 0 Å². The Balaban J connectivity index is 1.82.